The molecule has 0 saturated carbocycles. The minimum atomic E-state index is -4.42. The van der Waals surface area contributed by atoms with E-state index in [9.17, 15) is 18.0 Å². The Morgan fingerprint density at radius 2 is 2.04 bits per heavy atom. The van der Waals surface area contributed by atoms with Crippen LogP contribution in [-0.2, 0) is 6.18 Å². The molecule has 3 fully saturated rings. The largest absolute Gasteiger partial charge is 0.416 e. The van der Waals surface area contributed by atoms with Crippen LogP contribution < -0.4 is 5.32 Å². The average Bonchev–Trinajstić information content (AvgIpc) is 2.98. The van der Waals surface area contributed by atoms with Crippen LogP contribution in [0.3, 0.4) is 0 Å². The smallest absolute Gasteiger partial charge is 0.346 e. The van der Waals surface area contributed by atoms with Crippen molar-refractivity contribution >= 4 is 16.8 Å². The lowest BCUT2D eigenvalue weighted by Crippen LogP contribution is -2.57. The lowest BCUT2D eigenvalue weighted by Gasteiger charge is -2.44. The first-order valence-corrected chi connectivity index (χ1v) is 8.00. The molecule has 8 heteroatoms. The first-order chi connectivity index (χ1) is 11.4. The monoisotopic (exact) mass is 338 g/mol. The first-order valence-electron chi connectivity index (χ1n) is 8.00. The highest BCUT2D eigenvalue weighted by atomic mass is 19.4. The number of rotatable bonds is 2. The number of aromatic nitrogens is 2. The van der Waals surface area contributed by atoms with Gasteiger partial charge in [0, 0.05) is 18.0 Å². The predicted octanol–water partition coefficient (Wildman–Crippen LogP) is 2.41. The van der Waals surface area contributed by atoms with E-state index in [2.05, 4.69) is 20.4 Å². The van der Waals surface area contributed by atoms with Crippen molar-refractivity contribution in [2.75, 3.05) is 19.6 Å². The number of hydrogen-bond donors (Lipinski definition) is 2. The van der Waals surface area contributed by atoms with Crippen molar-refractivity contribution in [3.63, 3.8) is 0 Å². The normalized spacial score (nSPS) is 26.7. The van der Waals surface area contributed by atoms with Crippen molar-refractivity contribution in [3.8, 4) is 0 Å². The molecule has 3 aliphatic rings. The van der Waals surface area contributed by atoms with Crippen LogP contribution in [0.15, 0.2) is 18.2 Å². The molecular weight excluding hydrogens is 321 g/mol. The van der Waals surface area contributed by atoms with Crippen LogP contribution in [0.2, 0.25) is 0 Å². The minimum Gasteiger partial charge on any atom is -0.346 e. The molecule has 0 spiro atoms. The Bertz CT molecular complexity index is 777. The number of nitrogens with zero attached hydrogens (tertiary/aromatic N) is 2. The van der Waals surface area contributed by atoms with Gasteiger partial charge in [0.2, 0.25) is 0 Å². The van der Waals surface area contributed by atoms with Crippen molar-refractivity contribution < 1.29 is 18.0 Å². The van der Waals surface area contributed by atoms with Gasteiger partial charge in [-0.1, -0.05) is 0 Å². The zero-order chi connectivity index (χ0) is 16.9. The molecule has 1 atom stereocenters. The van der Waals surface area contributed by atoms with E-state index >= 15 is 0 Å². The number of hydrogen-bond acceptors (Lipinski definition) is 3. The summed E-state index contributed by atoms with van der Waals surface area (Å²) in [7, 11) is 0. The Morgan fingerprint density at radius 1 is 1.29 bits per heavy atom. The maximum absolute atomic E-state index is 12.8. The molecule has 128 valence electrons. The lowest BCUT2D eigenvalue weighted by molar-refractivity contribution is -0.137. The Labute approximate surface area is 136 Å². The quantitative estimate of drug-likeness (QED) is 0.884. The molecule has 1 aromatic heterocycles. The number of amides is 1. The Balaban J connectivity index is 1.56. The van der Waals surface area contributed by atoms with Crippen LogP contribution in [-0.4, -0.2) is 46.7 Å². The van der Waals surface area contributed by atoms with Crippen molar-refractivity contribution in [2.45, 2.75) is 25.1 Å². The van der Waals surface area contributed by atoms with Crippen LogP contribution in [0.25, 0.3) is 10.9 Å². The fourth-order valence-electron chi connectivity index (χ4n) is 3.73. The van der Waals surface area contributed by atoms with Crippen molar-refractivity contribution in [1.82, 2.24) is 20.4 Å². The van der Waals surface area contributed by atoms with Crippen LogP contribution in [0.4, 0.5) is 13.2 Å². The Morgan fingerprint density at radius 3 is 2.67 bits per heavy atom. The zero-order valence-corrected chi connectivity index (χ0v) is 12.9. The molecule has 3 saturated heterocycles. The van der Waals surface area contributed by atoms with Gasteiger partial charge in [0.15, 0.2) is 5.69 Å². The summed E-state index contributed by atoms with van der Waals surface area (Å²) in [6, 6.07) is 3.34. The second-order valence-electron chi connectivity index (χ2n) is 6.55. The van der Waals surface area contributed by atoms with E-state index in [1.165, 1.54) is 6.07 Å². The Hall–Kier alpha value is -2.09. The van der Waals surface area contributed by atoms with Gasteiger partial charge in [0.05, 0.1) is 11.1 Å². The van der Waals surface area contributed by atoms with Gasteiger partial charge in [-0.15, -0.1) is 0 Å². The summed E-state index contributed by atoms with van der Waals surface area (Å²) >= 11 is 0. The predicted molar refractivity (Wildman–Crippen MR) is 81.5 cm³/mol. The van der Waals surface area contributed by atoms with Crippen molar-refractivity contribution in [2.24, 2.45) is 5.92 Å². The molecule has 5 nitrogen and oxygen atoms in total. The number of carbonyl (C=O) groups excluding carboxylic acids is 1. The number of aromatic amines is 1. The van der Waals surface area contributed by atoms with Gasteiger partial charge in [0.1, 0.15) is 0 Å². The zero-order valence-electron chi connectivity index (χ0n) is 12.9. The fourth-order valence-corrected chi connectivity index (χ4v) is 3.73. The maximum atomic E-state index is 12.8. The number of piperidine rings is 3. The topological polar surface area (TPSA) is 61.0 Å². The standard InChI is InChI=1S/C16H17F3N4O/c17-16(18,19)10-1-2-11-12(7-10)21-22-14(11)15(24)20-13-8-23-5-3-9(13)4-6-23/h1-2,7,9,13H,3-6,8H2,(H,20,24)(H,21,22). The van der Waals surface area contributed by atoms with Crippen LogP contribution in [0, 0.1) is 5.92 Å². The third kappa shape index (κ3) is 2.64. The van der Waals surface area contributed by atoms with E-state index in [1.807, 2.05) is 0 Å². The van der Waals surface area contributed by atoms with Crippen LogP contribution in [0.5, 0.6) is 0 Å². The van der Waals surface area contributed by atoms with Gasteiger partial charge >= 0.3 is 6.18 Å². The van der Waals surface area contributed by atoms with Gasteiger partial charge in [-0.2, -0.15) is 18.3 Å². The number of nitrogens with one attached hydrogen (secondary N) is 2. The molecule has 5 rings (SSSR count). The van der Waals surface area contributed by atoms with Gasteiger partial charge in [0.25, 0.3) is 5.91 Å². The number of fused-ring (bicyclic) bond motifs is 4. The summed E-state index contributed by atoms with van der Waals surface area (Å²) in [5.41, 5.74) is -0.401. The van der Waals surface area contributed by atoms with E-state index in [0.29, 0.717) is 11.3 Å². The van der Waals surface area contributed by atoms with Crippen molar-refractivity contribution in [1.29, 1.82) is 0 Å². The molecular formula is C16H17F3N4O. The third-order valence-corrected chi connectivity index (χ3v) is 5.08. The lowest BCUT2D eigenvalue weighted by atomic mass is 9.84. The molecule has 0 radical (unpaired) electrons. The molecule has 1 amide bonds. The number of carbonyl (C=O) groups is 1. The second kappa shape index (κ2) is 5.47. The maximum Gasteiger partial charge on any atom is 0.416 e. The highest BCUT2D eigenvalue weighted by Gasteiger charge is 2.36. The summed E-state index contributed by atoms with van der Waals surface area (Å²) in [5, 5.41) is 9.87. The second-order valence-corrected chi connectivity index (χ2v) is 6.55. The molecule has 4 heterocycles. The van der Waals surface area contributed by atoms with E-state index < -0.39 is 11.7 Å². The average molecular weight is 338 g/mol. The van der Waals surface area contributed by atoms with Crippen molar-refractivity contribution in [3.05, 3.63) is 29.5 Å². The Kier molecular flexibility index (Phi) is 3.52. The number of alkyl halides is 3. The van der Waals surface area contributed by atoms with E-state index in [1.54, 1.807) is 0 Å². The molecule has 1 unspecified atom stereocenters. The third-order valence-electron chi connectivity index (χ3n) is 5.08. The molecule has 1 aromatic carbocycles. The summed E-state index contributed by atoms with van der Waals surface area (Å²) in [6.45, 7) is 2.97. The van der Waals surface area contributed by atoms with Crippen LogP contribution >= 0.6 is 0 Å². The number of halogens is 3. The molecule has 2 N–H and O–H groups in total. The molecule has 24 heavy (non-hydrogen) atoms. The fraction of sp³-hybridized carbons (Fsp3) is 0.500. The molecule has 2 aromatic rings. The number of H-pyrrole nitrogens is 1. The van der Waals surface area contributed by atoms with E-state index in [4.69, 9.17) is 0 Å². The molecule has 2 bridgehead atoms. The SMILES string of the molecule is O=C(NC1CN2CCC1CC2)c1n[nH]c2cc(C(F)(F)F)ccc12. The summed E-state index contributed by atoms with van der Waals surface area (Å²) in [4.78, 5) is 14.8. The first kappa shape index (κ1) is 15.4. The van der Waals surface area contributed by atoms with Gasteiger partial charge in [-0.3, -0.25) is 9.89 Å². The molecule has 3 aliphatic heterocycles. The minimum absolute atomic E-state index is 0.0844. The van der Waals surface area contributed by atoms with Gasteiger partial charge in [-0.05, 0) is 50.0 Å². The van der Waals surface area contributed by atoms with E-state index in [-0.39, 0.29) is 23.2 Å². The summed E-state index contributed by atoms with van der Waals surface area (Å²) in [5.74, 6) is 0.140. The number of benzene rings is 1. The summed E-state index contributed by atoms with van der Waals surface area (Å²) in [6.07, 6.45) is -2.28. The van der Waals surface area contributed by atoms with Gasteiger partial charge < -0.3 is 10.2 Å². The highest BCUT2D eigenvalue weighted by molar-refractivity contribution is 6.04. The highest BCUT2D eigenvalue weighted by Crippen LogP contribution is 2.32. The van der Waals surface area contributed by atoms with Gasteiger partial charge in [-0.25, -0.2) is 0 Å². The molecule has 0 aliphatic carbocycles. The van der Waals surface area contributed by atoms with E-state index in [0.717, 1.165) is 44.6 Å². The van der Waals surface area contributed by atoms with Crippen LogP contribution in [0.1, 0.15) is 28.9 Å². The summed E-state index contributed by atoms with van der Waals surface area (Å²) < 4.78 is 38.3.